The number of rotatable bonds is 5. The van der Waals surface area contributed by atoms with E-state index < -0.39 is 9.84 Å². The molecular weight excluding hydrogens is 324 g/mol. The second-order valence-corrected chi connectivity index (χ2v) is 7.95. The Morgan fingerprint density at radius 3 is 2.41 bits per heavy atom. The minimum atomic E-state index is -3.14. The molecule has 0 heterocycles. The first-order chi connectivity index (χ1) is 7.76. The van der Waals surface area contributed by atoms with Crippen molar-refractivity contribution < 1.29 is 8.42 Å². The van der Waals surface area contributed by atoms with Gasteiger partial charge in [-0.15, -0.1) is 0 Å². The molecule has 0 radical (unpaired) electrons. The van der Waals surface area contributed by atoms with Gasteiger partial charge in [-0.05, 0) is 17.0 Å². The van der Waals surface area contributed by atoms with Crippen LogP contribution in [0.25, 0.3) is 0 Å². The second kappa shape index (κ2) is 5.72. The summed E-state index contributed by atoms with van der Waals surface area (Å²) in [5, 5.41) is 1.16. The third-order valence-electron chi connectivity index (χ3n) is 2.31. The van der Waals surface area contributed by atoms with Gasteiger partial charge in [0.2, 0.25) is 0 Å². The van der Waals surface area contributed by atoms with Gasteiger partial charge in [0.15, 0.2) is 9.84 Å². The van der Waals surface area contributed by atoms with Gasteiger partial charge < -0.3 is 0 Å². The van der Waals surface area contributed by atoms with E-state index in [1.165, 1.54) is 0 Å². The largest absolute Gasteiger partial charge is 0.228 e. The SMILES string of the molecule is CC(C)(CBr)CS(=O)(=O)Cc1ccccc1Cl. The Balaban J connectivity index is 2.85. The van der Waals surface area contributed by atoms with Crippen molar-refractivity contribution in [3.8, 4) is 0 Å². The van der Waals surface area contributed by atoms with Crippen molar-refractivity contribution in [3.63, 3.8) is 0 Å². The predicted octanol–water partition coefficient (Wildman–Crippen LogP) is 3.68. The maximum absolute atomic E-state index is 12.0. The molecule has 0 saturated carbocycles. The fourth-order valence-electron chi connectivity index (χ4n) is 1.54. The molecule has 2 nitrogen and oxygen atoms in total. The highest BCUT2D eigenvalue weighted by molar-refractivity contribution is 9.09. The number of halogens is 2. The number of hydrogen-bond donors (Lipinski definition) is 0. The van der Waals surface area contributed by atoms with Crippen LogP contribution < -0.4 is 0 Å². The summed E-state index contributed by atoms with van der Waals surface area (Å²) in [5.41, 5.74) is 0.402. The lowest BCUT2D eigenvalue weighted by Crippen LogP contribution is -2.26. The van der Waals surface area contributed by atoms with Crippen molar-refractivity contribution in [3.05, 3.63) is 34.9 Å². The molecule has 96 valence electrons. The molecule has 1 rings (SSSR count). The van der Waals surface area contributed by atoms with E-state index in [9.17, 15) is 8.42 Å². The van der Waals surface area contributed by atoms with Crippen molar-refractivity contribution >= 4 is 37.4 Å². The Morgan fingerprint density at radius 2 is 1.88 bits per heavy atom. The third-order valence-corrected chi connectivity index (χ3v) is 6.16. The quantitative estimate of drug-likeness (QED) is 0.767. The predicted molar refractivity (Wildman–Crippen MR) is 76.5 cm³/mol. The zero-order valence-corrected chi connectivity index (χ0v) is 13.1. The first kappa shape index (κ1) is 15.0. The molecule has 0 amide bonds. The van der Waals surface area contributed by atoms with Crippen LogP contribution >= 0.6 is 27.5 Å². The van der Waals surface area contributed by atoms with Gasteiger partial charge in [-0.1, -0.05) is 59.6 Å². The first-order valence-electron chi connectivity index (χ1n) is 5.25. The van der Waals surface area contributed by atoms with E-state index in [1.54, 1.807) is 24.3 Å². The Hall–Kier alpha value is -0.0600. The van der Waals surface area contributed by atoms with Gasteiger partial charge in [-0.3, -0.25) is 0 Å². The monoisotopic (exact) mass is 338 g/mol. The molecule has 0 aromatic heterocycles. The summed E-state index contributed by atoms with van der Waals surface area (Å²) < 4.78 is 24.1. The maximum Gasteiger partial charge on any atom is 0.155 e. The van der Waals surface area contributed by atoms with Gasteiger partial charge in [-0.25, -0.2) is 8.42 Å². The number of alkyl halides is 1. The number of benzene rings is 1. The molecule has 0 unspecified atom stereocenters. The molecule has 1 aromatic carbocycles. The Morgan fingerprint density at radius 1 is 1.29 bits per heavy atom. The van der Waals surface area contributed by atoms with Crippen LogP contribution in [0.15, 0.2) is 24.3 Å². The Bertz CT molecular complexity index is 483. The number of sulfone groups is 1. The zero-order valence-electron chi connectivity index (χ0n) is 9.91. The topological polar surface area (TPSA) is 34.1 Å². The normalized spacial score (nSPS) is 12.7. The minimum absolute atomic E-state index is 0.00308. The molecule has 0 aliphatic heterocycles. The van der Waals surface area contributed by atoms with Crippen molar-refractivity contribution in [1.29, 1.82) is 0 Å². The van der Waals surface area contributed by atoms with Crippen molar-refractivity contribution in [2.75, 3.05) is 11.1 Å². The van der Waals surface area contributed by atoms with Crippen LogP contribution in [0, 0.1) is 5.41 Å². The van der Waals surface area contributed by atoms with Gasteiger partial charge in [0.1, 0.15) is 0 Å². The highest BCUT2D eigenvalue weighted by Crippen LogP contribution is 2.24. The summed E-state index contributed by atoms with van der Waals surface area (Å²) in [5.74, 6) is 0.152. The van der Waals surface area contributed by atoms with Crippen LogP contribution in [-0.4, -0.2) is 19.5 Å². The average Bonchev–Trinajstić information content (AvgIpc) is 2.20. The standard InChI is InChI=1S/C12H16BrClO2S/c1-12(2,8-13)9-17(15,16)7-10-5-3-4-6-11(10)14/h3-6H,7-9H2,1-2H3. The van der Waals surface area contributed by atoms with E-state index in [2.05, 4.69) is 15.9 Å². The molecule has 0 saturated heterocycles. The molecule has 1 aromatic rings. The summed E-state index contributed by atoms with van der Waals surface area (Å²) in [6.45, 7) is 3.85. The summed E-state index contributed by atoms with van der Waals surface area (Å²) in [4.78, 5) is 0. The van der Waals surface area contributed by atoms with Crippen molar-refractivity contribution in [2.45, 2.75) is 19.6 Å². The van der Waals surface area contributed by atoms with Crippen LogP contribution in [0.3, 0.4) is 0 Å². The van der Waals surface area contributed by atoms with E-state index in [0.717, 1.165) is 0 Å². The Labute approximate surface area is 116 Å². The molecule has 0 atom stereocenters. The molecule has 0 N–H and O–H groups in total. The van der Waals surface area contributed by atoms with Gasteiger partial charge >= 0.3 is 0 Å². The lowest BCUT2D eigenvalue weighted by Gasteiger charge is -2.21. The highest BCUT2D eigenvalue weighted by Gasteiger charge is 2.25. The highest BCUT2D eigenvalue weighted by atomic mass is 79.9. The van der Waals surface area contributed by atoms with E-state index in [-0.39, 0.29) is 16.9 Å². The maximum atomic E-state index is 12.0. The fourth-order valence-corrected chi connectivity index (χ4v) is 4.40. The summed E-state index contributed by atoms with van der Waals surface area (Å²) in [6.07, 6.45) is 0. The number of hydrogen-bond acceptors (Lipinski definition) is 2. The van der Waals surface area contributed by atoms with Gasteiger partial charge in [0.25, 0.3) is 0 Å². The molecule has 0 bridgehead atoms. The van der Waals surface area contributed by atoms with Crippen LogP contribution in [0.2, 0.25) is 5.02 Å². The molecule has 0 fully saturated rings. The first-order valence-corrected chi connectivity index (χ1v) is 8.58. The van der Waals surface area contributed by atoms with E-state index in [1.807, 2.05) is 13.8 Å². The minimum Gasteiger partial charge on any atom is -0.228 e. The van der Waals surface area contributed by atoms with E-state index in [0.29, 0.717) is 15.9 Å². The summed E-state index contributed by atoms with van der Waals surface area (Å²) >= 11 is 9.29. The van der Waals surface area contributed by atoms with Gasteiger partial charge in [0.05, 0.1) is 11.5 Å². The lowest BCUT2D eigenvalue weighted by molar-refractivity contribution is 0.474. The van der Waals surface area contributed by atoms with Crippen LogP contribution in [0.4, 0.5) is 0 Å². The zero-order chi connectivity index (χ0) is 13.1. The second-order valence-electron chi connectivity index (χ2n) is 4.92. The van der Waals surface area contributed by atoms with Crippen LogP contribution in [0.1, 0.15) is 19.4 Å². The summed E-state index contributed by atoms with van der Waals surface area (Å²) in [7, 11) is -3.14. The molecular formula is C12H16BrClO2S. The molecule has 5 heteroatoms. The van der Waals surface area contributed by atoms with Gasteiger partial charge in [0, 0.05) is 10.4 Å². The molecule has 0 aliphatic rings. The molecule has 0 aliphatic carbocycles. The summed E-state index contributed by atoms with van der Waals surface area (Å²) in [6, 6.07) is 7.05. The van der Waals surface area contributed by atoms with Crippen molar-refractivity contribution in [1.82, 2.24) is 0 Å². The van der Waals surface area contributed by atoms with Gasteiger partial charge in [-0.2, -0.15) is 0 Å². The van der Waals surface area contributed by atoms with E-state index >= 15 is 0 Å². The average molecular weight is 340 g/mol. The van der Waals surface area contributed by atoms with Crippen LogP contribution in [0.5, 0.6) is 0 Å². The Kier molecular flexibility index (Phi) is 5.05. The lowest BCUT2D eigenvalue weighted by atomic mass is 10.0. The smallest absolute Gasteiger partial charge is 0.155 e. The van der Waals surface area contributed by atoms with Crippen LogP contribution in [-0.2, 0) is 15.6 Å². The van der Waals surface area contributed by atoms with Crippen molar-refractivity contribution in [2.24, 2.45) is 5.41 Å². The fraction of sp³-hybridized carbons (Fsp3) is 0.500. The third kappa shape index (κ3) is 4.98. The van der Waals surface area contributed by atoms with E-state index in [4.69, 9.17) is 11.6 Å². The molecule has 0 spiro atoms. The molecule has 17 heavy (non-hydrogen) atoms.